The molecule has 4 heterocycles. The molecule has 128 valence electrons. The van der Waals surface area contributed by atoms with Crippen LogP contribution in [0.4, 0.5) is 0 Å². The molecule has 0 unspecified atom stereocenters. The van der Waals surface area contributed by atoms with E-state index in [1.165, 1.54) is 0 Å². The van der Waals surface area contributed by atoms with E-state index in [4.69, 9.17) is 9.47 Å². The molecule has 0 amide bonds. The first kappa shape index (κ1) is 15.4. The van der Waals surface area contributed by atoms with E-state index >= 15 is 0 Å². The first-order valence-corrected chi connectivity index (χ1v) is 9.19. The fourth-order valence-corrected chi connectivity index (χ4v) is 5.36. The molecule has 0 aromatic heterocycles. The van der Waals surface area contributed by atoms with Gasteiger partial charge in [0.05, 0.1) is 17.9 Å². The minimum absolute atomic E-state index is 0.0123. The predicted molar refractivity (Wildman–Crippen MR) is 83.6 cm³/mol. The lowest BCUT2D eigenvalue weighted by molar-refractivity contribution is -0.156. The zero-order valence-electron chi connectivity index (χ0n) is 14.1. The Labute approximate surface area is 137 Å². The van der Waals surface area contributed by atoms with Gasteiger partial charge in [-0.1, -0.05) is 13.8 Å². The molecule has 4 aliphatic rings. The molecule has 0 N–H and O–H groups in total. The Morgan fingerprint density at radius 2 is 1.91 bits per heavy atom. The molecule has 4 saturated heterocycles. The molecule has 0 aromatic carbocycles. The van der Waals surface area contributed by atoms with E-state index in [1.54, 1.807) is 0 Å². The zero-order chi connectivity index (χ0) is 16.2. The summed E-state index contributed by atoms with van der Waals surface area (Å²) in [5, 5.41) is 0. The van der Waals surface area contributed by atoms with E-state index in [-0.39, 0.29) is 35.5 Å². The molecular weight excluding hydrogens is 294 g/mol. The topological polar surface area (TPSA) is 55.8 Å². The molecule has 5 nitrogen and oxygen atoms in total. The van der Waals surface area contributed by atoms with E-state index in [9.17, 15) is 9.59 Å². The molecule has 0 saturated carbocycles. The Morgan fingerprint density at radius 3 is 2.57 bits per heavy atom. The minimum Gasteiger partial charge on any atom is -0.460 e. The predicted octanol–water partition coefficient (Wildman–Crippen LogP) is 2.28. The SMILES string of the molecule is C[C@@H]1C[C@]2(CCCCN3[C@H]2CC[C@H]3[C@@H]2C[C@H](C)C(=O)O2)OC1=O. The van der Waals surface area contributed by atoms with Gasteiger partial charge in [0, 0.05) is 12.5 Å². The van der Waals surface area contributed by atoms with Crippen molar-refractivity contribution in [2.75, 3.05) is 6.54 Å². The number of hydrogen-bond donors (Lipinski definition) is 0. The first-order chi connectivity index (χ1) is 11.0. The Balaban J connectivity index is 1.57. The number of nitrogens with zero attached hydrogens (tertiary/aromatic N) is 1. The molecule has 6 atom stereocenters. The largest absolute Gasteiger partial charge is 0.460 e. The molecule has 4 fully saturated rings. The van der Waals surface area contributed by atoms with Gasteiger partial charge in [-0.25, -0.2) is 0 Å². The van der Waals surface area contributed by atoms with Crippen molar-refractivity contribution >= 4 is 11.9 Å². The van der Waals surface area contributed by atoms with E-state index in [2.05, 4.69) is 4.90 Å². The smallest absolute Gasteiger partial charge is 0.309 e. The summed E-state index contributed by atoms with van der Waals surface area (Å²) >= 11 is 0. The molecular formula is C18H27NO4. The van der Waals surface area contributed by atoms with Crippen LogP contribution in [-0.2, 0) is 19.1 Å². The van der Waals surface area contributed by atoms with Crippen molar-refractivity contribution < 1.29 is 19.1 Å². The number of hydrogen-bond acceptors (Lipinski definition) is 5. The van der Waals surface area contributed by atoms with Gasteiger partial charge >= 0.3 is 11.9 Å². The lowest BCUT2D eigenvalue weighted by Gasteiger charge is -2.39. The van der Waals surface area contributed by atoms with Gasteiger partial charge in [0.15, 0.2) is 0 Å². The number of rotatable bonds is 1. The number of fused-ring (bicyclic) bond motifs is 2. The summed E-state index contributed by atoms with van der Waals surface area (Å²) in [6.45, 7) is 4.98. The Bertz CT molecular complexity index is 521. The van der Waals surface area contributed by atoms with Crippen LogP contribution in [0.15, 0.2) is 0 Å². The van der Waals surface area contributed by atoms with Crippen molar-refractivity contribution in [2.24, 2.45) is 11.8 Å². The Morgan fingerprint density at radius 1 is 1.09 bits per heavy atom. The van der Waals surface area contributed by atoms with Crippen molar-refractivity contribution in [1.29, 1.82) is 0 Å². The van der Waals surface area contributed by atoms with Crippen LogP contribution >= 0.6 is 0 Å². The molecule has 0 aliphatic carbocycles. The monoisotopic (exact) mass is 321 g/mol. The average molecular weight is 321 g/mol. The lowest BCUT2D eigenvalue weighted by Crippen LogP contribution is -2.52. The average Bonchev–Trinajstić information content (AvgIpc) is 3.11. The number of carbonyl (C=O) groups excluding carboxylic acids is 2. The van der Waals surface area contributed by atoms with Gasteiger partial charge < -0.3 is 9.47 Å². The van der Waals surface area contributed by atoms with E-state index in [0.29, 0.717) is 12.1 Å². The summed E-state index contributed by atoms with van der Waals surface area (Å²) in [5.74, 6) is -0.0530. The van der Waals surface area contributed by atoms with Crippen LogP contribution in [0.2, 0.25) is 0 Å². The number of esters is 2. The van der Waals surface area contributed by atoms with E-state index in [0.717, 1.165) is 51.5 Å². The third-order valence-electron chi connectivity index (χ3n) is 6.48. The molecule has 1 spiro atoms. The van der Waals surface area contributed by atoms with Gasteiger partial charge in [-0.2, -0.15) is 0 Å². The molecule has 0 bridgehead atoms. The third-order valence-corrected chi connectivity index (χ3v) is 6.48. The molecule has 4 aliphatic heterocycles. The van der Waals surface area contributed by atoms with Crippen molar-refractivity contribution in [1.82, 2.24) is 4.90 Å². The van der Waals surface area contributed by atoms with Crippen molar-refractivity contribution in [3.63, 3.8) is 0 Å². The lowest BCUT2D eigenvalue weighted by atomic mass is 9.83. The van der Waals surface area contributed by atoms with Crippen LogP contribution in [0.3, 0.4) is 0 Å². The quantitative estimate of drug-likeness (QED) is 0.694. The van der Waals surface area contributed by atoms with E-state index < -0.39 is 0 Å². The van der Waals surface area contributed by atoms with Crippen LogP contribution in [0.1, 0.15) is 58.8 Å². The summed E-state index contributed by atoms with van der Waals surface area (Å²) < 4.78 is 11.6. The first-order valence-electron chi connectivity index (χ1n) is 9.19. The van der Waals surface area contributed by atoms with Gasteiger partial charge in [0.25, 0.3) is 0 Å². The molecule has 5 heteroatoms. The van der Waals surface area contributed by atoms with Crippen LogP contribution < -0.4 is 0 Å². The highest BCUT2D eigenvalue weighted by Crippen LogP contribution is 2.48. The maximum Gasteiger partial charge on any atom is 0.309 e. The molecule has 0 radical (unpaired) electrons. The normalized spacial score (nSPS) is 47.5. The van der Waals surface area contributed by atoms with E-state index in [1.807, 2.05) is 13.8 Å². The van der Waals surface area contributed by atoms with Gasteiger partial charge in [0.2, 0.25) is 0 Å². The second kappa shape index (κ2) is 5.47. The molecule has 0 aromatic rings. The van der Waals surface area contributed by atoms with Crippen LogP contribution in [0.5, 0.6) is 0 Å². The highest BCUT2D eigenvalue weighted by atomic mass is 16.6. The number of cyclic esters (lactones) is 1. The fourth-order valence-electron chi connectivity index (χ4n) is 5.36. The van der Waals surface area contributed by atoms with Crippen molar-refractivity contribution in [3.8, 4) is 0 Å². The third kappa shape index (κ3) is 2.39. The van der Waals surface area contributed by atoms with Crippen LogP contribution in [-0.4, -0.2) is 47.2 Å². The van der Waals surface area contributed by atoms with Crippen molar-refractivity contribution in [3.05, 3.63) is 0 Å². The maximum atomic E-state index is 12.1. The van der Waals surface area contributed by atoms with Gasteiger partial charge in [-0.05, 0) is 45.1 Å². The van der Waals surface area contributed by atoms with Crippen LogP contribution in [0.25, 0.3) is 0 Å². The second-order valence-corrected chi connectivity index (χ2v) is 8.06. The summed E-state index contributed by atoms with van der Waals surface area (Å²) in [7, 11) is 0. The van der Waals surface area contributed by atoms with Gasteiger partial charge in [-0.15, -0.1) is 0 Å². The Hall–Kier alpha value is -1.10. The Kier molecular flexibility index (Phi) is 3.67. The molecule has 23 heavy (non-hydrogen) atoms. The summed E-state index contributed by atoms with van der Waals surface area (Å²) in [4.78, 5) is 26.4. The standard InChI is InChI=1S/C18H27NO4/c1-11-9-14(22-16(11)20)13-5-6-15-18(7-3-4-8-19(13)15)10-12(2)17(21)23-18/h11-15H,3-10H2,1-2H3/t11-,12+,13-,14-,15-,18-/m0/s1. The number of ether oxygens (including phenoxy) is 2. The van der Waals surface area contributed by atoms with Gasteiger partial charge in [-0.3, -0.25) is 14.5 Å². The summed E-state index contributed by atoms with van der Waals surface area (Å²) in [6.07, 6.45) is 7.02. The highest BCUT2D eigenvalue weighted by Gasteiger charge is 2.57. The summed E-state index contributed by atoms with van der Waals surface area (Å²) in [5.41, 5.74) is -0.296. The minimum atomic E-state index is -0.296. The maximum absolute atomic E-state index is 12.1. The fraction of sp³-hybridized carbons (Fsp3) is 0.889. The van der Waals surface area contributed by atoms with Crippen molar-refractivity contribution in [2.45, 2.75) is 82.6 Å². The van der Waals surface area contributed by atoms with Crippen LogP contribution in [0, 0.1) is 11.8 Å². The number of carbonyl (C=O) groups is 2. The highest BCUT2D eigenvalue weighted by molar-refractivity contribution is 5.75. The molecule has 4 rings (SSSR count). The second-order valence-electron chi connectivity index (χ2n) is 8.06. The zero-order valence-corrected chi connectivity index (χ0v) is 14.1. The summed E-state index contributed by atoms with van der Waals surface area (Å²) in [6, 6.07) is 0.608. The van der Waals surface area contributed by atoms with Gasteiger partial charge in [0.1, 0.15) is 11.7 Å².